The van der Waals surface area contributed by atoms with Gasteiger partial charge in [-0.05, 0) is 25.5 Å². The van der Waals surface area contributed by atoms with E-state index >= 15 is 0 Å². The smallest absolute Gasteiger partial charge is 0.227 e. The van der Waals surface area contributed by atoms with Gasteiger partial charge in [0.2, 0.25) is 17.6 Å². The first kappa shape index (κ1) is 15.5. The van der Waals surface area contributed by atoms with Gasteiger partial charge in [0.25, 0.3) is 0 Å². The van der Waals surface area contributed by atoms with E-state index in [1.54, 1.807) is 12.1 Å². The van der Waals surface area contributed by atoms with Gasteiger partial charge in [-0.3, -0.25) is 4.79 Å². The molecular weight excluding hydrogens is 290 g/mol. The number of carbonyl (C=O) groups is 1. The molecule has 0 saturated carbocycles. The Kier molecular flexibility index (Phi) is 5.33. The molecule has 1 atom stereocenters. The Morgan fingerprint density at radius 1 is 1.48 bits per heavy atom. The normalized spacial score (nSPS) is 12.1. The molecule has 0 aliphatic heterocycles. The lowest BCUT2D eigenvalue weighted by Gasteiger charge is -2.10. The number of amides is 1. The third-order valence-electron chi connectivity index (χ3n) is 3.14. The number of aromatic nitrogens is 2. The topological polar surface area (TPSA) is 68.0 Å². The minimum Gasteiger partial charge on any atom is -0.354 e. The zero-order valence-corrected chi connectivity index (χ0v) is 12.9. The van der Waals surface area contributed by atoms with Crippen LogP contribution in [0.5, 0.6) is 0 Å². The molecule has 1 heterocycles. The average molecular weight is 308 g/mol. The van der Waals surface area contributed by atoms with Gasteiger partial charge < -0.3 is 9.84 Å². The third-order valence-corrected chi connectivity index (χ3v) is 3.37. The number of nitrogens with zero attached hydrogens (tertiary/aromatic N) is 2. The number of hydrogen-bond donors (Lipinski definition) is 1. The van der Waals surface area contributed by atoms with E-state index in [-0.39, 0.29) is 11.9 Å². The van der Waals surface area contributed by atoms with E-state index < -0.39 is 0 Å². The molecule has 2 aromatic rings. The number of rotatable bonds is 6. The Balaban J connectivity index is 1.93. The predicted molar refractivity (Wildman–Crippen MR) is 81.0 cm³/mol. The van der Waals surface area contributed by atoms with Crippen LogP contribution in [0.1, 0.15) is 32.6 Å². The van der Waals surface area contributed by atoms with Crippen LogP contribution in [-0.4, -0.2) is 22.1 Å². The second-order valence-electron chi connectivity index (χ2n) is 4.90. The van der Waals surface area contributed by atoms with E-state index in [0.29, 0.717) is 29.6 Å². The van der Waals surface area contributed by atoms with Gasteiger partial charge in [0.15, 0.2) is 0 Å². The molecule has 112 valence electrons. The zero-order valence-electron chi connectivity index (χ0n) is 12.1. The highest BCUT2D eigenvalue weighted by atomic mass is 35.5. The molecule has 0 radical (unpaired) electrons. The molecular formula is C15H18ClN3O2. The molecule has 1 N–H and O–H groups in total. The molecule has 0 fully saturated rings. The lowest BCUT2D eigenvalue weighted by molar-refractivity contribution is -0.121. The lowest BCUT2D eigenvalue weighted by Crippen LogP contribution is -2.32. The Hall–Kier alpha value is -1.88. The van der Waals surface area contributed by atoms with Crippen LogP contribution in [-0.2, 0) is 11.2 Å². The molecule has 0 aliphatic rings. The average Bonchev–Trinajstić information content (AvgIpc) is 2.94. The van der Waals surface area contributed by atoms with Crippen LogP contribution in [0.2, 0.25) is 5.02 Å². The summed E-state index contributed by atoms with van der Waals surface area (Å²) in [6.07, 6.45) is 1.67. The maximum atomic E-state index is 11.7. The second kappa shape index (κ2) is 7.22. The van der Waals surface area contributed by atoms with Crippen molar-refractivity contribution in [2.75, 3.05) is 0 Å². The van der Waals surface area contributed by atoms with Crippen LogP contribution >= 0.6 is 11.6 Å². The summed E-state index contributed by atoms with van der Waals surface area (Å²) >= 11 is 5.93. The van der Waals surface area contributed by atoms with Crippen LogP contribution in [0.4, 0.5) is 0 Å². The maximum Gasteiger partial charge on any atom is 0.227 e. The molecule has 6 heteroatoms. The van der Waals surface area contributed by atoms with Gasteiger partial charge in [-0.1, -0.05) is 35.8 Å². The summed E-state index contributed by atoms with van der Waals surface area (Å²) < 4.78 is 5.16. The van der Waals surface area contributed by atoms with Gasteiger partial charge in [0.05, 0.1) is 0 Å². The Morgan fingerprint density at radius 2 is 2.29 bits per heavy atom. The van der Waals surface area contributed by atoms with Crippen molar-refractivity contribution in [3.05, 3.63) is 35.2 Å². The summed E-state index contributed by atoms with van der Waals surface area (Å²) in [5.74, 6) is 0.922. The van der Waals surface area contributed by atoms with Crippen molar-refractivity contribution >= 4 is 17.5 Å². The molecule has 1 aromatic heterocycles. The number of halogens is 1. The van der Waals surface area contributed by atoms with Crippen molar-refractivity contribution in [1.82, 2.24) is 15.5 Å². The second-order valence-corrected chi connectivity index (χ2v) is 5.34. The van der Waals surface area contributed by atoms with Gasteiger partial charge >= 0.3 is 0 Å². The molecule has 2 rings (SSSR count). The van der Waals surface area contributed by atoms with E-state index in [2.05, 4.69) is 15.5 Å². The van der Waals surface area contributed by atoms with Gasteiger partial charge in [-0.15, -0.1) is 0 Å². The van der Waals surface area contributed by atoms with E-state index in [9.17, 15) is 4.79 Å². The van der Waals surface area contributed by atoms with Crippen molar-refractivity contribution in [1.29, 1.82) is 0 Å². The number of carbonyl (C=O) groups excluding carboxylic acids is 1. The molecule has 1 unspecified atom stereocenters. The highest BCUT2D eigenvalue weighted by Gasteiger charge is 2.11. The number of nitrogens with one attached hydrogen (secondary N) is 1. The van der Waals surface area contributed by atoms with Crippen molar-refractivity contribution in [3.8, 4) is 11.4 Å². The highest BCUT2D eigenvalue weighted by Crippen LogP contribution is 2.20. The maximum absolute atomic E-state index is 11.7. The Labute approximate surface area is 128 Å². The number of hydrogen-bond acceptors (Lipinski definition) is 4. The van der Waals surface area contributed by atoms with E-state index in [1.165, 1.54) is 0 Å². The summed E-state index contributed by atoms with van der Waals surface area (Å²) in [4.78, 5) is 16.0. The minimum absolute atomic E-state index is 0.00754. The monoisotopic (exact) mass is 307 g/mol. The van der Waals surface area contributed by atoms with Crippen LogP contribution < -0.4 is 5.32 Å². The van der Waals surface area contributed by atoms with E-state index in [1.807, 2.05) is 26.0 Å². The standard InChI is InChI=1S/C15H18ClN3O2/c1-3-10(2)17-13(20)7-8-14-18-15(19-21-14)11-5-4-6-12(16)9-11/h4-6,9-10H,3,7-8H2,1-2H3,(H,17,20). The van der Waals surface area contributed by atoms with Crippen LogP contribution in [0, 0.1) is 0 Å². The van der Waals surface area contributed by atoms with E-state index in [0.717, 1.165) is 12.0 Å². The third kappa shape index (κ3) is 4.56. The Morgan fingerprint density at radius 3 is 3.00 bits per heavy atom. The molecule has 21 heavy (non-hydrogen) atoms. The summed E-state index contributed by atoms with van der Waals surface area (Å²) in [5, 5.41) is 7.42. The van der Waals surface area contributed by atoms with Crippen LogP contribution in [0.3, 0.4) is 0 Å². The first-order valence-electron chi connectivity index (χ1n) is 6.96. The molecule has 1 amide bonds. The van der Waals surface area contributed by atoms with Gasteiger partial charge in [0, 0.05) is 29.5 Å². The summed E-state index contributed by atoms with van der Waals surface area (Å²) in [6, 6.07) is 7.42. The van der Waals surface area contributed by atoms with Crippen LogP contribution in [0.15, 0.2) is 28.8 Å². The van der Waals surface area contributed by atoms with Crippen LogP contribution in [0.25, 0.3) is 11.4 Å². The summed E-state index contributed by atoms with van der Waals surface area (Å²) in [6.45, 7) is 4.00. The fourth-order valence-electron chi connectivity index (χ4n) is 1.77. The molecule has 0 spiro atoms. The summed E-state index contributed by atoms with van der Waals surface area (Å²) in [7, 11) is 0. The molecule has 0 aliphatic carbocycles. The Bertz CT molecular complexity index is 612. The SMILES string of the molecule is CCC(C)NC(=O)CCc1nc(-c2cccc(Cl)c2)no1. The van der Waals surface area contributed by atoms with E-state index in [4.69, 9.17) is 16.1 Å². The molecule has 0 saturated heterocycles. The highest BCUT2D eigenvalue weighted by molar-refractivity contribution is 6.30. The minimum atomic E-state index is -0.00754. The van der Waals surface area contributed by atoms with Crippen molar-refractivity contribution in [2.45, 2.75) is 39.2 Å². The number of aryl methyl sites for hydroxylation is 1. The lowest BCUT2D eigenvalue weighted by atomic mass is 10.2. The summed E-state index contributed by atoms with van der Waals surface area (Å²) in [5.41, 5.74) is 0.793. The van der Waals surface area contributed by atoms with Crippen molar-refractivity contribution in [3.63, 3.8) is 0 Å². The molecule has 0 bridgehead atoms. The quantitative estimate of drug-likeness (QED) is 0.889. The van der Waals surface area contributed by atoms with Gasteiger partial charge in [-0.25, -0.2) is 0 Å². The fourth-order valence-corrected chi connectivity index (χ4v) is 1.96. The molecule has 1 aromatic carbocycles. The molecule has 5 nitrogen and oxygen atoms in total. The van der Waals surface area contributed by atoms with Gasteiger partial charge in [0.1, 0.15) is 0 Å². The fraction of sp³-hybridized carbons (Fsp3) is 0.400. The first-order chi connectivity index (χ1) is 10.1. The van der Waals surface area contributed by atoms with Crippen molar-refractivity contribution in [2.24, 2.45) is 0 Å². The largest absolute Gasteiger partial charge is 0.354 e. The van der Waals surface area contributed by atoms with Crippen molar-refractivity contribution < 1.29 is 9.32 Å². The van der Waals surface area contributed by atoms with Gasteiger partial charge in [-0.2, -0.15) is 4.98 Å². The number of benzene rings is 1. The first-order valence-corrected chi connectivity index (χ1v) is 7.34. The zero-order chi connectivity index (χ0) is 15.2. The predicted octanol–water partition coefficient (Wildman–Crippen LogP) is 3.24.